The van der Waals surface area contributed by atoms with Gasteiger partial charge in [0, 0.05) is 0 Å². The molecule has 168 valence electrons. The number of fused-ring (bicyclic) bond motifs is 1. The van der Waals surface area contributed by atoms with E-state index in [4.69, 9.17) is 18.8 Å². The third-order valence-electron chi connectivity index (χ3n) is 3.25. The zero-order valence-corrected chi connectivity index (χ0v) is 24.6. The standard InChI is InChI=1S/C18H38N6O2Si4/c1-27(2,3)23-15-17(26-30(10,11)12)19-13-14(20-15)21-18(24-28(4,5)6)22-16(13)25-29(7,8)9/h1-12H3,(H2,20,21,22,23,24). The monoisotopic (exact) mass is 482 g/mol. The van der Waals surface area contributed by atoms with Gasteiger partial charge in [0.15, 0.2) is 17.0 Å². The van der Waals surface area contributed by atoms with Gasteiger partial charge < -0.3 is 18.8 Å². The summed E-state index contributed by atoms with van der Waals surface area (Å²) in [6, 6.07) is 0. The number of hydrogen-bond acceptors (Lipinski definition) is 8. The van der Waals surface area contributed by atoms with Crippen LogP contribution in [0.1, 0.15) is 0 Å². The van der Waals surface area contributed by atoms with Gasteiger partial charge in [-0.1, -0.05) is 39.3 Å². The van der Waals surface area contributed by atoms with Crippen LogP contribution in [0.2, 0.25) is 78.6 Å². The predicted molar refractivity (Wildman–Crippen MR) is 137 cm³/mol. The largest absolute Gasteiger partial charge is 0.530 e. The van der Waals surface area contributed by atoms with Crippen LogP contribution in [-0.2, 0) is 0 Å². The lowest BCUT2D eigenvalue weighted by Crippen LogP contribution is -2.36. The van der Waals surface area contributed by atoms with Crippen molar-refractivity contribution in [3.8, 4) is 11.8 Å². The summed E-state index contributed by atoms with van der Waals surface area (Å²) in [5.74, 6) is 2.19. The van der Waals surface area contributed by atoms with Gasteiger partial charge in [-0.15, -0.1) is 0 Å². The lowest BCUT2D eigenvalue weighted by atomic mass is 10.5. The summed E-state index contributed by atoms with van der Waals surface area (Å²) in [5.41, 5.74) is 1.07. The second-order valence-electron chi connectivity index (χ2n) is 11.6. The molecule has 0 saturated carbocycles. The molecular weight excluding hydrogens is 445 g/mol. The molecule has 0 aliphatic carbocycles. The third-order valence-corrected chi connectivity index (χ3v) is 6.83. The van der Waals surface area contributed by atoms with Crippen LogP contribution < -0.4 is 18.8 Å². The van der Waals surface area contributed by atoms with Crippen molar-refractivity contribution in [3.05, 3.63) is 0 Å². The molecule has 30 heavy (non-hydrogen) atoms. The molecular formula is C18H38N6O2Si4. The van der Waals surface area contributed by atoms with Crippen LogP contribution in [0.3, 0.4) is 0 Å². The molecule has 0 amide bonds. The van der Waals surface area contributed by atoms with Crippen molar-refractivity contribution in [2.75, 3.05) is 9.96 Å². The molecule has 8 nitrogen and oxygen atoms in total. The van der Waals surface area contributed by atoms with Crippen molar-refractivity contribution in [2.45, 2.75) is 78.6 Å². The van der Waals surface area contributed by atoms with E-state index >= 15 is 0 Å². The first-order chi connectivity index (χ1) is 13.3. The second kappa shape index (κ2) is 8.20. The van der Waals surface area contributed by atoms with Crippen molar-refractivity contribution >= 4 is 56.0 Å². The highest BCUT2D eigenvalue weighted by Crippen LogP contribution is 2.32. The van der Waals surface area contributed by atoms with E-state index in [1.165, 1.54) is 0 Å². The second-order valence-corrected chi connectivity index (χ2v) is 29.9. The van der Waals surface area contributed by atoms with Gasteiger partial charge in [0.25, 0.3) is 0 Å². The summed E-state index contributed by atoms with van der Waals surface area (Å²) in [5, 5.41) is 0. The minimum Gasteiger partial charge on any atom is -0.530 e. The minimum absolute atomic E-state index is 0.479. The van der Waals surface area contributed by atoms with Crippen molar-refractivity contribution in [3.63, 3.8) is 0 Å². The number of rotatable bonds is 8. The maximum absolute atomic E-state index is 6.30. The van der Waals surface area contributed by atoms with Gasteiger partial charge in [-0.25, -0.2) is 9.97 Å². The maximum Gasteiger partial charge on any atom is 0.244 e. The number of hydrogen-bond donors (Lipinski definition) is 2. The van der Waals surface area contributed by atoms with Crippen LogP contribution in [0.15, 0.2) is 0 Å². The van der Waals surface area contributed by atoms with E-state index in [1.54, 1.807) is 0 Å². The Bertz CT molecular complexity index is 914. The Kier molecular flexibility index (Phi) is 6.77. The highest BCUT2D eigenvalue weighted by atomic mass is 28.4. The summed E-state index contributed by atoms with van der Waals surface area (Å²) < 4.78 is 12.6. The molecule has 2 heterocycles. The maximum atomic E-state index is 6.30. The molecule has 0 fully saturated rings. The van der Waals surface area contributed by atoms with Crippen molar-refractivity contribution < 1.29 is 8.85 Å². The summed E-state index contributed by atoms with van der Waals surface area (Å²) in [6.45, 7) is 26.0. The molecule has 2 aromatic rings. The summed E-state index contributed by atoms with van der Waals surface area (Å²) >= 11 is 0. The molecule has 0 atom stereocenters. The van der Waals surface area contributed by atoms with Crippen LogP contribution >= 0.6 is 0 Å². The first kappa shape index (κ1) is 24.8. The zero-order chi connectivity index (χ0) is 23.1. The molecule has 2 rings (SSSR count). The van der Waals surface area contributed by atoms with Crippen LogP contribution in [0.25, 0.3) is 11.2 Å². The van der Waals surface area contributed by atoms with Gasteiger partial charge in [0.2, 0.25) is 34.3 Å². The molecule has 0 radical (unpaired) electrons. The van der Waals surface area contributed by atoms with Crippen molar-refractivity contribution in [1.29, 1.82) is 0 Å². The third kappa shape index (κ3) is 7.96. The van der Waals surface area contributed by atoms with E-state index in [1.807, 2.05) is 0 Å². The Morgan fingerprint density at radius 3 is 1.53 bits per heavy atom. The van der Waals surface area contributed by atoms with E-state index in [0.29, 0.717) is 34.7 Å². The van der Waals surface area contributed by atoms with E-state index < -0.39 is 33.1 Å². The van der Waals surface area contributed by atoms with E-state index in [2.05, 4.69) is 98.5 Å². The number of nitrogens with zero attached hydrogens (tertiary/aromatic N) is 4. The Morgan fingerprint density at radius 1 is 0.567 bits per heavy atom. The molecule has 2 N–H and O–H groups in total. The van der Waals surface area contributed by atoms with Crippen molar-refractivity contribution in [1.82, 2.24) is 19.9 Å². The number of nitrogens with one attached hydrogen (secondary N) is 2. The Labute approximate surface area is 185 Å². The van der Waals surface area contributed by atoms with Gasteiger partial charge in [0.05, 0.1) is 0 Å². The fourth-order valence-corrected chi connectivity index (χ4v) is 5.56. The summed E-state index contributed by atoms with van der Waals surface area (Å²) in [6.07, 6.45) is 0. The Balaban J connectivity index is 2.75. The minimum atomic E-state index is -1.93. The highest BCUT2D eigenvalue weighted by molar-refractivity contribution is 6.79. The van der Waals surface area contributed by atoms with E-state index in [-0.39, 0.29) is 0 Å². The Hall–Kier alpha value is -1.51. The number of anilines is 2. The molecule has 0 aliphatic rings. The molecule has 0 bridgehead atoms. The topological polar surface area (TPSA) is 94.1 Å². The zero-order valence-electron chi connectivity index (χ0n) is 20.6. The molecule has 0 aromatic carbocycles. The average Bonchev–Trinajstić information content (AvgIpc) is 2.42. The molecule has 0 saturated heterocycles. The quantitative estimate of drug-likeness (QED) is 0.487. The van der Waals surface area contributed by atoms with Crippen LogP contribution in [0.5, 0.6) is 11.8 Å². The van der Waals surface area contributed by atoms with Gasteiger partial charge in [-0.3, -0.25) is 0 Å². The van der Waals surface area contributed by atoms with Crippen LogP contribution in [0, 0.1) is 0 Å². The predicted octanol–water partition coefficient (Wildman–Crippen LogP) is 5.34. The summed E-state index contributed by atoms with van der Waals surface area (Å²) in [4.78, 5) is 26.1. The fourth-order valence-electron chi connectivity index (χ4n) is 2.46. The molecule has 0 spiro atoms. The van der Waals surface area contributed by atoms with Crippen LogP contribution in [0.4, 0.5) is 11.8 Å². The smallest absolute Gasteiger partial charge is 0.244 e. The SMILES string of the molecule is C[Si](C)(C)Nc1nc(O[Si](C)(C)C)c2nc(O[Si](C)(C)C)c(N[Si](C)(C)C)nc2n1. The summed E-state index contributed by atoms with van der Waals surface area (Å²) in [7, 11) is -7.18. The van der Waals surface area contributed by atoms with E-state index in [9.17, 15) is 0 Å². The number of aromatic nitrogens is 4. The first-order valence-corrected chi connectivity index (χ1v) is 24.2. The van der Waals surface area contributed by atoms with Gasteiger partial charge in [0.1, 0.15) is 16.5 Å². The highest BCUT2D eigenvalue weighted by Gasteiger charge is 2.28. The van der Waals surface area contributed by atoms with E-state index in [0.717, 1.165) is 0 Å². The fraction of sp³-hybridized carbons (Fsp3) is 0.667. The normalized spacial score (nSPS) is 13.3. The lowest BCUT2D eigenvalue weighted by molar-refractivity contribution is 0.525. The van der Waals surface area contributed by atoms with Gasteiger partial charge in [-0.2, -0.15) is 9.97 Å². The average molecular weight is 483 g/mol. The molecule has 2 aromatic heterocycles. The van der Waals surface area contributed by atoms with Gasteiger partial charge in [-0.05, 0) is 39.3 Å². The lowest BCUT2D eigenvalue weighted by Gasteiger charge is -2.26. The Morgan fingerprint density at radius 2 is 1.07 bits per heavy atom. The van der Waals surface area contributed by atoms with Crippen LogP contribution in [-0.4, -0.2) is 53.0 Å². The van der Waals surface area contributed by atoms with Gasteiger partial charge >= 0.3 is 0 Å². The molecule has 12 heteroatoms. The molecule has 0 unspecified atom stereocenters. The molecule has 0 aliphatic heterocycles. The van der Waals surface area contributed by atoms with Crippen molar-refractivity contribution in [2.24, 2.45) is 0 Å². The first-order valence-electron chi connectivity index (χ1n) is 10.4.